The van der Waals surface area contributed by atoms with Gasteiger partial charge in [0.25, 0.3) is 0 Å². The molecule has 2 aromatic rings. The Balaban J connectivity index is 1.02. The molecule has 1 N–H and O–H groups in total. The van der Waals surface area contributed by atoms with Gasteiger partial charge in [0.15, 0.2) is 5.13 Å². The Labute approximate surface area is 194 Å². The van der Waals surface area contributed by atoms with E-state index in [2.05, 4.69) is 27.2 Å². The topological polar surface area (TPSA) is 74.5 Å². The van der Waals surface area contributed by atoms with E-state index in [0.717, 1.165) is 49.9 Å². The fourth-order valence-corrected chi connectivity index (χ4v) is 6.39. The summed E-state index contributed by atoms with van der Waals surface area (Å²) in [7, 11) is 0. The lowest BCUT2D eigenvalue weighted by Crippen LogP contribution is -2.45. The van der Waals surface area contributed by atoms with Crippen molar-refractivity contribution in [3.8, 4) is 0 Å². The zero-order valence-electron chi connectivity index (χ0n) is 19.3. The van der Waals surface area contributed by atoms with Crippen LogP contribution in [0.3, 0.4) is 0 Å². The van der Waals surface area contributed by atoms with Crippen LogP contribution in [0, 0.1) is 18.8 Å². The Morgan fingerprint density at radius 2 is 2.09 bits per heavy atom. The second-order valence-electron chi connectivity index (χ2n) is 10.1. The standard InChI is InChI=1S/C24H35N5O2S/c1-16-13-29(14-16)24-26-21-15-28(10-8-22(21)32-24)9-7-18-3-5-19(6-4-18)25-23(30)12-20-11-17(2)27-31-20/h11,16,18-19H,3-10,12-15H2,1-2H3,(H,25,30)/t18-,19-. The van der Waals surface area contributed by atoms with Gasteiger partial charge in [0.2, 0.25) is 5.91 Å². The molecular weight excluding hydrogens is 422 g/mol. The summed E-state index contributed by atoms with van der Waals surface area (Å²) in [6.45, 7) is 9.86. The summed E-state index contributed by atoms with van der Waals surface area (Å²) in [5, 5.41) is 8.28. The quantitative estimate of drug-likeness (QED) is 0.685. The van der Waals surface area contributed by atoms with Crippen LogP contribution in [0.15, 0.2) is 10.6 Å². The summed E-state index contributed by atoms with van der Waals surface area (Å²) in [5.74, 6) is 2.28. The molecule has 0 bridgehead atoms. The van der Waals surface area contributed by atoms with Crippen LogP contribution in [0.4, 0.5) is 5.13 Å². The molecule has 1 amide bonds. The Kier molecular flexibility index (Phi) is 6.51. The summed E-state index contributed by atoms with van der Waals surface area (Å²) >= 11 is 1.92. The fraction of sp³-hybridized carbons (Fsp3) is 0.708. The number of hydrogen-bond donors (Lipinski definition) is 1. The van der Waals surface area contributed by atoms with Gasteiger partial charge in [-0.25, -0.2) is 4.98 Å². The molecule has 5 rings (SSSR count). The number of aryl methyl sites for hydroxylation is 1. The van der Waals surface area contributed by atoms with Crippen molar-refractivity contribution in [1.29, 1.82) is 0 Å². The van der Waals surface area contributed by atoms with Crippen LogP contribution in [0.1, 0.15) is 61.1 Å². The van der Waals surface area contributed by atoms with E-state index >= 15 is 0 Å². The number of nitrogens with one attached hydrogen (secondary N) is 1. The molecule has 0 unspecified atom stereocenters. The molecule has 0 radical (unpaired) electrons. The molecule has 8 heteroatoms. The highest BCUT2D eigenvalue weighted by atomic mass is 32.1. The van der Waals surface area contributed by atoms with E-state index in [1.165, 1.54) is 54.6 Å². The van der Waals surface area contributed by atoms with Gasteiger partial charge in [0.1, 0.15) is 5.76 Å². The number of fused-ring (bicyclic) bond motifs is 1. The first kappa shape index (κ1) is 21.9. The normalized spacial score (nSPS) is 24.2. The van der Waals surface area contributed by atoms with Gasteiger partial charge in [-0.05, 0) is 63.8 Å². The number of nitrogens with zero attached hydrogens (tertiary/aromatic N) is 4. The lowest BCUT2D eigenvalue weighted by molar-refractivity contribution is -0.121. The molecule has 1 saturated carbocycles. The number of carbonyl (C=O) groups excluding carboxylic acids is 1. The molecule has 3 aliphatic rings. The molecule has 0 aromatic carbocycles. The minimum atomic E-state index is 0.0454. The Hall–Kier alpha value is -1.93. The number of rotatable bonds is 7. The predicted molar refractivity (Wildman–Crippen MR) is 126 cm³/mol. The first-order valence-electron chi connectivity index (χ1n) is 12.2. The van der Waals surface area contributed by atoms with Crippen molar-refractivity contribution in [3.63, 3.8) is 0 Å². The molecule has 0 atom stereocenters. The maximum Gasteiger partial charge on any atom is 0.227 e. The number of hydrogen-bond acceptors (Lipinski definition) is 7. The lowest BCUT2D eigenvalue weighted by atomic mass is 9.84. The van der Waals surface area contributed by atoms with Crippen LogP contribution in [0.5, 0.6) is 0 Å². The van der Waals surface area contributed by atoms with Gasteiger partial charge < -0.3 is 14.7 Å². The third-order valence-electron chi connectivity index (χ3n) is 7.21. The second-order valence-corrected chi connectivity index (χ2v) is 11.1. The Morgan fingerprint density at radius 3 is 2.81 bits per heavy atom. The highest BCUT2D eigenvalue weighted by molar-refractivity contribution is 7.15. The van der Waals surface area contributed by atoms with Crippen LogP contribution in [0.2, 0.25) is 0 Å². The summed E-state index contributed by atoms with van der Waals surface area (Å²) in [4.78, 5) is 23.8. The number of thiazole rings is 1. The number of carbonyl (C=O) groups is 1. The number of aromatic nitrogens is 2. The Bertz CT molecular complexity index is 927. The van der Waals surface area contributed by atoms with Crippen molar-refractivity contribution in [2.24, 2.45) is 11.8 Å². The van der Waals surface area contributed by atoms with Crippen molar-refractivity contribution >= 4 is 22.4 Å². The molecule has 4 heterocycles. The van der Waals surface area contributed by atoms with E-state index in [4.69, 9.17) is 9.51 Å². The first-order chi connectivity index (χ1) is 15.5. The molecule has 7 nitrogen and oxygen atoms in total. The van der Waals surface area contributed by atoms with E-state index < -0.39 is 0 Å². The SMILES string of the molecule is Cc1cc(CC(=O)N[C@H]2CC[C@H](CCN3CCc4sc(N5CC(C)C5)nc4C3)CC2)on1. The van der Waals surface area contributed by atoms with E-state index in [-0.39, 0.29) is 12.3 Å². The molecule has 1 aliphatic carbocycles. The average Bonchev–Trinajstić information content (AvgIpc) is 3.36. The fourth-order valence-electron chi connectivity index (χ4n) is 5.32. The summed E-state index contributed by atoms with van der Waals surface area (Å²) in [6, 6.07) is 2.13. The number of amides is 1. The maximum absolute atomic E-state index is 12.3. The summed E-state index contributed by atoms with van der Waals surface area (Å²) in [6.07, 6.45) is 7.28. The van der Waals surface area contributed by atoms with Crippen molar-refractivity contribution in [3.05, 3.63) is 28.1 Å². The van der Waals surface area contributed by atoms with Gasteiger partial charge >= 0.3 is 0 Å². The highest BCUT2D eigenvalue weighted by Gasteiger charge is 2.29. The van der Waals surface area contributed by atoms with Crippen LogP contribution >= 0.6 is 11.3 Å². The van der Waals surface area contributed by atoms with Crippen LogP contribution in [0.25, 0.3) is 0 Å². The molecule has 32 heavy (non-hydrogen) atoms. The molecule has 2 aliphatic heterocycles. The van der Waals surface area contributed by atoms with E-state index in [9.17, 15) is 4.79 Å². The third kappa shape index (κ3) is 5.17. The van der Waals surface area contributed by atoms with Crippen molar-refractivity contribution < 1.29 is 9.32 Å². The monoisotopic (exact) mass is 457 g/mol. The smallest absolute Gasteiger partial charge is 0.227 e. The van der Waals surface area contributed by atoms with E-state index in [1.807, 2.05) is 24.3 Å². The van der Waals surface area contributed by atoms with Crippen molar-refractivity contribution in [2.45, 2.75) is 71.4 Å². The highest BCUT2D eigenvalue weighted by Crippen LogP contribution is 2.34. The van der Waals surface area contributed by atoms with Crippen LogP contribution < -0.4 is 10.2 Å². The van der Waals surface area contributed by atoms with Gasteiger partial charge in [0.05, 0.1) is 17.8 Å². The van der Waals surface area contributed by atoms with E-state index in [0.29, 0.717) is 11.8 Å². The maximum atomic E-state index is 12.3. The molecule has 2 aromatic heterocycles. The minimum Gasteiger partial charge on any atom is -0.361 e. The number of anilines is 1. The van der Waals surface area contributed by atoms with Crippen LogP contribution in [-0.4, -0.2) is 53.2 Å². The Morgan fingerprint density at radius 1 is 1.28 bits per heavy atom. The summed E-state index contributed by atoms with van der Waals surface area (Å²) < 4.78 is 5.16. The molecule has 1 saturated heterocycles. The van der Waals surface area contributed by atoms with Gasteiger partial charge in [-0.3, -0.25) is 9.69 Å². The second kappa shape index (κ2) is 9.51. The summed E-state index contributed by atoms with van der Waals surface area (Å²) in [5.41, 5.74) is 2.14. The van der Waals surface area contributed by atoms with Crippen molar-refractivity contribution in [2.75, 3.05) is 31.1 Å². The zero-order valence-corrected chi connectivity index (χ0v) is 20.1. The largest absolute Gasteiger partial charge is 0.361 e. The molecule has 0 spiro atoms. The third-order valence-corrected chi connectivity index (χ3v) is 8.43. The minimum absolute atomic E-state index is 0.0454. The van der Waals surface area contributed by atoms with E-state index in [1.54, 1.807) is 0 Å². The predicted octanol–water partition coefficient (Wildman–Crippen LogP) is 3.56. The molecule has 2 fully saturated rings. The molecular formula is C24H35N5O2S. The molecule has 174 valence electrons. The van der Waals surface area contributed by atoms with Crippen LogP contribution in [-0.2, 0) is 24.2 Å². The van der Waals surface area contributed by atoms with Gasteiger partial charge in [0, 0.05) is 43.2 Å². The van der Waals surface area contributed by atoms with Crippen molar-refractivity contribution in [1.82, 2.24) is 20.4 Å². The zero-order chi connectivity index (χ0) is 22.1. The average molecular weight is 458 g/mol. The first-order valence-corrected chi connectivity index (χ1v) is 13.0. The lowest BCUT2D eigenvalue weighted by Gasteiger charge is -2.36. The van der Waals surface area contributed by atoms with Gasteiger partial charge in [-0.15, -0.1) is 11.3 Å². The van der Waals surface area contributed by atoms with Gasteiger partial charge in [-0.2, -0.15) is 0 Å². The van der Waals surface area contributed by atoms with Gasteiger partial charge in [-0.1, -0.05) is 12.1 Å².